The molecule has 2 heteroatoms. The molecule has 18 heavy (non-hydrogen) atoms. The Labute approximate surface area is 109 Å². The number of rotatable bonds is 1. The maximum Gasteiger partial charge on any atom is 0.0948 e. The van der Waals surface area contributed by atoms with Crippen LogP contribution in [0.5, 0.6) is 0 Å². The van der Waals surface area contributed by atoms with Crippen LogP contribution in [0.15, 0.2) is 42.2 Å². The lowest BCUT2D eigenvalue weighted by molar-refractivity contribution is 0.265. The molecule has 0 amide bonds. The highest BCUT2D eigenvalue weighted by Crippen LogP contribution is 2.34. The van der Waals surface area contributed by atoms with Crippen molar-refractivity contribution in [3.05, 3.63) is 47.8 Å². The Hall–Kier alpha value is -1.70. The van der Waals surface area contributed by atoms with Crippen molar-refractivity contribution in [1.82, 2.24) is 4.90 Å². The van der Waals surface area contributed by atoms with Crippen LogP contribution in [0.25, 0.3) is 6.08 Å². The van der Waals surface area contributed by atoms with Crippen LogP contribution in [0.2, 0.25) is 0 Å². The van der Waals surface area contributed by atoms with E-state index in [-0.39, 0.29) is 0 Å². The van der Waals surface area contributed by atoms with Gasteiger partial charge in [-0.3, -0.25) is 0 Å². The molecule has 3 rings (SSSR count). The minimum atomic E-state index is 0.328. The summed E-state index contributed by atoms with van der Waals surface area (Å²) in [6, 6.07) is 8.59. The van der Waals surface area contributed by atoms with Crippen molar-refractivity contribution in [2.45, 2.75) is 20.8 Å². The van der Waals surface area contributed by atoms with Crippen LogP contribution in [-0.4, -0.2) is 18.1 Å². The number of benzene rings is 1. The summed E-state index contributed by atoms with van der Waals surface area (Å²) in [5.74, 6) is 0. The first kappa shape index (κ1) is 11.4. The predicted molar refractivity (Wildman–Crippen MR) is 77.1 cm³/mol. The van der Waals surface area contributed by atoms with E-state index in [2.05, 4.69) is 73.2 Å². The van der Waals surface area contributed by atoms with Crippen molar-refractivity contribution in [1.29, 1.82) is 0 Å². The lowest BCUT2D eigenvalue weighted by atomic mass is 9.96. The van der Waals surface area contributed by atoms with Gasteiger partial charge in [-0.25, -0.2) is 0 Å². The number of hydrogen-bond donors (Lipinski definition) is 0. The summed E-state index contributed by atoms with van der Waals surface area (Å²) in [4.78, 5) is 4.79. The maximum atomic E-state index is 2.40. The third kappa shape index (κ3) is 2.03. The monoisotopic (exact) mass is 240 g/mol. The van der Waals surface area contributed by atoms with Crippen molar-refractivity contribution in [2.75, 3.05) is 18.1 Å². The number of para-hydroxylation sites is 1. The molecule has 0 radical (unpaired) electrons. The molecular formula is C16H20N2. The Morgan fingerprint density at radius 2 is 1.89 bits per heavy atom. The van der Waals surface area contributed by atoms with Crippen molar-refractivity contribution < 1.29 is 0 Å². The zero-order valence-corrected chi connectivity index (χ0v) is 11.4. The number of hydrogen-bond acceptors (Lipinski definition) is 2. The molecule has 0 fully saturated rings. The van der Waals surface area contributed by atoms with Crippen molar-refractivity contribution >= 4 is 11.8 Å². The summed E-state index contributed by atoms with van der Waals surface area (Å²) in [6.07, 6.45) is 6.70. The first-order valence-electron chi connectivity index (χ1n) is 6.53. The molecule has 0 N–H and O–H groups in total. The van der Waals surface area contributed by atoms with Gasteiger partial charge in [0.1, 0.15) is 0 Å². The van der Waals surface area contributed by atoms with Gasteiger partial charge in [0.2, 0.25) is 0 Å². The fraction of sp³-hybridized carbons (Fsp3) is 0.375. The molecule has 0 aromatic heterocycles. The fourth-order valence-corrected chi connectivity index (χ4v) is 2.66. The van der Waals surface area contributed by atoms with Crippen molar-refractivity contribution in [3.63, 3.8) is 0 Å². The summed E-state index contributed by atoms with van der Waals surface area (Å²) >= 11 is 0. The minimum Gasteiger partial charge on any atom is -0.357 e. The molecule has 0 unspecified atom stereocenters. The average molecular weight is 240 g/mol. The fourth-order valence-electron chi connectivity index (χ4n) is 2.66. The summed E-state index contributed by atoms with van der Waals surface area (Å²) < 4.78 is 0. The number of fused-ring (bicyclic) bond motifs is 3. The van der Waals surface area contributed by atoms with Gasteiger partial charge in [-0.2, -0.15) is 0 Å². The Kier molecular flexibility index (Phi) is 2.47. The van der Waals surface area contributed by atoms with E-state index in [4.69, 9.17) is 0 Å². The summed E-state index contributed by atoms with van der Waals surface area (Å²) in [5, 5.41) is 0. The van der Waals surface area contributed by atoms with Crippen LogP contribution >= 0.6 is 0 Å². The van der Waals surface area contributed by atoms with E-state index in [9.17, 15) is 0 Å². The Morgan fingerprint density at radius 3 is 2.67 bits per heavy atom. The van der Waals surface area contributed by atoms with Crippen LogP contribution in [0.4, 0.5) is 5.69 Å². The average Bonchev–Trinajstić information content (AvgIpc) is 2.69. The van der Waals surface area contributed by atoms with Gasteiger partial charge in [0.25, 0.3) is 0 Å². The number of anilines is 1. The summed E-state index contributed by atoms with van der Waals surface area (Å²) in [7, 11) is 0. The van der Waals surface area contributed by atoms with Gasteiger partial charge < -0.3 is 9.80 Å². The zero-order chi connectivity index (χ0) is 12.8. The second-order valence-corrected chi connectivity index (χ2v) is 6.32. The number of allylic oxidation sites excluding steroid dienone is 1. The molecule has 0 saturated carbocycles. The molecule has 0 atom stereocenters. The predicted octanol–water partition coefficient (Wildman–Crippen LogP) is 3.68. The van der Waals surface area contributed by atoms with E-state index >= 15 is 0 Å². The topological polar surface area (TPSA) is 6.48 Å². The molecule has 0 saturated heterocycles. The first-order chi connectivity index (χ1) is 8.53. The SMILES string of the molecule is CC(C)(C)CN1C=C2C=Cc3ccccc3N2C1. The molecule has 1 aromatic carbocycles. The highest BCUT2D eigenvalue weighted by Gasteiger charge is 2.26. The normalized spacial score (nSPS) is 17.6. The number of nitrogens with zero attached hydrogens (tertiary/aromatic N) is 2. The van der Waals surface area contributed by atoms with Gasteiger partial charge in [0, 0.05) is 12.7 Å². The van der Waals surface area contributed by atoms with Gasteiger partial charge >= 0.3 is 0 Å². The Bertz CT molecular complexity index is 520. The third-order valence-electron chi connectivity index (χ3n) is 3.29. The highest BCUT2D eigenvalue weighted by atomic mass is 15.4. The van der Waals surface area contributed by atoms with Gasteiger partial charge in [-0.05, 0) is 23.1 Å². The van der Waals surface area contributed by atoms with Crippen LogP contribution in [0, 0.1) is 5.41 Å². The third-order valence-corrected chi connectivity index (χ3v) is 3.29. The Morgan fingerprint density at radius 1 is 1.11 bits per heavy atom. The van der Waals surface area contributed by atoms with E-state index in [0.29, 0.717) is 5.41 Å². The molecule has 0 aliphatic carbocycles. The van der Waals surface area contributed by atoms with Gasteiger partial charge in [-0.1, -0.05) is 45.0 Å². The van der Waals surface area contributed by atoms with Crippen LogP contribution in [-0.2, 0) is 0 Å². The lowest BCUT2D eigenvalue weighted by Crippen LogP contribution is -2.33. The lowest BCUT2D eigenvalue weighted by Gasteiger charge is -2.30. The molecule has 94 valence electrons. The quantitative estimate of drug-likeness (QED) is 0.739. The first-order valence-corrected chi connectivity index (χ1v) is 6.53. The van der Waals surface area contributed by atoms with Crippen LogP contribution < -0.4 is 4.90 Å². The van der Waals surface area contributed by atoms with E-state index in [1.165, 1.54) is 16.9 Å². The molecule has 0 spiro atoms. The summed E-state index contributed by atoms with van der Waals surface area (Å²) in [6.45, 7) is 8.91. The van der Waals surface area contributed by atoms with Gasteiger partial charge in [-0.15, -0.1) is 0 Å². The highest BCUT2D eigenvalue weighted by molar-refractivity contribution is 5.76. The molecule has 2 heterocycles. The Balaban J connectivity index is 1.87. The smallest absolute Gasteiger partial charge is 0.0948 e. The molecular weight excluding hydrogens is 220 g/mol. The molecule has 2 aliphatic rings. The molecule has 1 aromatic rings. The van der Waals surface area contributed by atoms with Gasteiger partial charge in [0.15, 0.2) is 0 Å². The minimum absolute atomic E-state index is 0.328. The molecule has 2 aliphatic heterocycles. The maximum absolute atomic E-state index is 2.40. The van der Waals surface area contributed by atoms with Gasteiger partial charge in [0.05, 0.1) is 18.1 Å². The zero-order valence-electron chi connectivity index (χ0n) is 11.4. The van der Waals surface area contributed by atoms with E-state index < -0.39 is 0 Å². The van der Waals surface area contributed by atoms with Crippen molar-refractivity contribution in [2.24, 2.45) is 5.41 Å². The second kappa shape index (κ2) is 3.91. The van der Waals surface area contributed by atoms with Crippen molar-refractivity contribution in [3.8, 4) is 0 Å². The second-order valence-electron chi connectivity index (χ2n) is 6.32. The standard InChI is InChI=1S/C16H20N2/c1-16(2,3)11-17-10-14-9-8-13-6-4-5-7-15(13)18(14)12-17/h4-10H,11-12H2,1-3H3. The summed E-state index contributed by atoms with van der Waals surface area (Å²) in [5.41, 5.74) is 4.27. The van der Waals surface area contributed by atoms with Crippen LogP contribution in [0.3, 0.4) is 0 Å². The van der Waals surface area contributed by atoms with E-state index in [1.54, 1.807) is 0 Å². The molecule has 2 nitrogen and oxygen atoms in total. The van der Waals surface area contributed by atoms with E-state index in [1.807, 2.05) is 0 Å². The molecule has 0 bridgehead atoms. The van der Waals surface area contributed by atoms with Crippen LogP contribution in [0.1, 0.15) is 26.3 Å². The largest absolute Gasteiger partial charge is 0.357 e. The van der Waals surface area contributed by atoms with E-state index in [0.717, 1.165) is 13.2 Å².